The van der Waals surface area contributed by atoms with E-state index in [0.29, 0.717) is 35.4 Å². The van der Waals surface area contributed by atoms with Crippen LogP contribution in [0.15, 0.2) is 47.5 Å². The molecule has 0 bridgehead atoms. The second-order valence-electron chi connectivity index (χ2n) is 5.74. The molecule has 2 N–H and O–H groups in total. The van der Waals surface area contributed by atoms with Crippen molar-refractivity contribution in [2.75, 3.05) is 13.7 Å². The molecule has 0 aliphatic heterocycles. The fourth-order valence-corrected chi connectivity index (χ4v) is 2.72. The first kappa shape index (κ1) is 16.7. The van der Waals surface area contributed by atoms with Crippen LogP contribution in [0.1, 0.15) is 21.5 Å². The van der Waals surface area contributed by atoms with E-state index in [1.165, 1.54) is 0 Å². The molecule has 0 saturated carbocycles. The van der Waals surface area contributed by atoms with Crippen LogP contribution in [0.2, 0.25) is 0 Å². The first-order valence-corrected chi connectivity index (χ1v) is 7.98. The standard InChI is InChI=1S/C19H19N3O3/c1-12-3-4-16(25-2)17-15(12)11-14(19(24)22-17)7-10-21-18(23)13-5-8-20-9-6-13/h3-6,8-9,11H,7,10H2,1-2H3,(H,21,23)(H,22,24). The highest BCUT2D eigenvalue weighted by atomic mass is 16.5. The molecule has 0 fully saturated rings. The number of aryl methyl sites for hydroxylation is 1. The predicted molar refractivity (Wildman–Crippen MR) is 96.1 cm³/mol. The molecular weight excluding hydrogens is 318 g/mol. The molecule has 0 unspecified atom stereocenters. The number of hydrogen-bond donors (Lipinski definition) is 2. The smallest absolute Gasteiger partial charge is 0.251 e. The maximum Gasteiger partial charge on any atom is 0.251 e. The molecule has 3 rings (SSSR count). The van der Waals surface area contributed by atoms with E-state index in [0.717, 1.165) is 10.9 Å². The molecule has 2 aromatic heterocycles. The third-order valence-corrected chi connectivity index (χ3v) is 4.12. The molecule has 25 heavy (non-hydrogen) atoms. The molecule has 128 valence electrons. The number of H-pyrrole nitrogens is 1. The normalized spacial score (nSPS) is 10.6. The SMILES string of the molecule is COc1ccc(C)c2cc(CCNC(=O)c3ccncc3)c(=O)[nH]c12. The van der Waals surface area contributed by atoms with Crippen LogP contribution in [0.4, 0.5) is 0 Å². The van der Waals surface area contributed by atoms with Gasteiger partial charge in [0.05, 0.1) is 12.6 Å². The Kier molecular flexibility index (Phi) is 4.79. The Hall–Kier alpha value is -3.15. The van der Waals surface area contributed by atoms with Gasteiger partial charge in [0.25, 0.3) is 11.5 Å². The first-order valence-electron chi connectivity index (χ1n) is 7.98. The quantitative estimate of drug-likeness (QED) is 0.748. The number of ether oxygens (including phenoxy) is 1. The van der Waals surface area contributed by atoms with Gasteiger partial charge in [0, 0.05) is 35.5 Å². The Morgan fingerprint density at radius 1 is 1.24 bits per heavy atom. The van der Waals surface area contributed by atoms with Crippen LogP contribution in [0.5, 0.6) is 5.75 Å². The van der Waals surface area contributed by atoms with Crippen molar-refractivity contribution < 1.29 is 9.53 Å². The maximum atomic E-state index is 12.3. The zero-order valence-corrected chi connectivity index (χ0v) is 14.1. The first-order chi connectivity index (χ1) is 12.1. The summed E-state index contributed by atoms with van der Waals surface area (Å²) < 4.78 is 5.31. The van der Waals surface area contributed by atoms with E-state index < -0.39 is 0 Å². The predicted octanol–water partition coefficient (Wildman–Crippen LogP) is 2.21. The Labute approximate surface area is 144 Å². The van der Waals surface area contributed by atoms with E-state index in [-0.39, 0.29) is 11.5 Å². The van der Waals surface area contributed by atoms with Gasteiger partial charge >= 0.3 is 0 Å². The lowest BCUT2D eigenvalue weighted by Gasteiger charge is -2.10. The number of fused-ring (bicyclic) bond motifs is 1. The Balaban J connectivity index is 1.78. The van der Waals surface area contributed by atoms with Gasteiger partial charge in [-0.15, -0.1) is 0 Å². The number of methoxy groups -OCH3 is 1. The molecule has 2 heterocycles. The number of amides is 1. The van der Waals surface area contributed by atoms with Gasteiger partial charge in [0.2, 0.25) is 0 Å². The molecule has 3 aromatic rings. The van der Waals surface area contributed by atoms with Crippen LogP contribution in [-0.4, -0.2) is 29.5 Å². The van der Waals surface area contributed by atoms with Gasteiger partial charge in [-0.25, -0.2) is 0 Å². The van der Waals surface area contributed by atoms with E-state index in [1.54, 1.807) is 31.6 Å². The van der Waals surface area contributed by atoms with Gasteiger partial charge < -0.3 is 15.0 Å². The third kappa shape index (κ3) is 3.52. The van der Waals surface area contributed by atoms with Gasteiger partial charge in [-0.1, -0.05) is 6.07 Å². The van der Waals surface area contributed by atoms with Gasteiger partial charge in [-0.05, 0) is 43.2 Å². The number of carbonyl (C=O) groups is 1. The minimum absolute atomic E-state index is 0.172. The zero-order chi connectivity index (χ0) is 17.8. The highest BCUT2D eigenvalue weighted by Gasteiger charge is 2.10. The largest absolute Gasteiger partial charge is 0.495 e. The summed E-state index contributed by atoms with van der Waals surface area (Å²) >= 11 is 0. The lowest BCUT2D eigenvalue weighted by molar-refractivity contribution is 0.0954. The van der Waals surface area contributed by atoms with Crippen LogP contribution in [-0.2, 0) is 6.42 Å². The number of benzene rings is 1. The zero-order valence-electron chi connectivity index (χ0n) is 14.1. The van der Waals surface area contributed by atoms with E-state index in [1.807, 2.05) is 25.1 Å². The Morgan fingerprint density at radius 3 is 2.72 bits per heavy atom. The lowest BCUT2D eigenvalue weighted by atomic mass is 10.1. The van der Waals surface area contributed by atoms with Gasteiger partial charge in [-0.3, -0.25) is 14.6 Å². The molecule has 0 aliphatic carbocycles. The number of aromatic amines is 1. The monoisotopic (exact) mass is 337 g/mol. The average molecular weight is 337 g/mol. The summed E-state index contributed by atoms with van der Waals surface area (Å²) in [5, 5.41) is 3.75. The van der Waals surface area contributed by atoms with Gasteiger partial charge in [0.1, 0.15) is 5.75 Å². The van der Waals surface area contributed by atoms with E-state index >= 15 is 0 Å². The molecule has 0 spiro atoms. The summed E-state index contributed by atoms with van der Waals surface area (Å²) in [4.78, 5) is 31.1. The fraction of sp³-hybridized carbons (Fsp3) is 0.211. The number of nitrogens with zero attached hydrogens (tertiary/aromatic N) is 1. The van der Waals surface area contributed by atoms with Crippen molar-refractivity contribution in [2.45, 2.75) is 13.3 Å². The van der Waals surface area contributed by atoms with Crippen molar-refractivity contribution in [3.8, 4) is 5.75 Å². The molecule has 6 heteroatoms. The van der Waals surface area contributed by atoms with Crippen molar-refractivity contribution in [2.24, 2.45) is 0 Å². The minimum atomic E-state index is -0.183. The van der Waals surface area contributed by atoms with Crippen molar-refractivity contribution in [1.29, 1.82) is 0 Å². The number of carbonyl (C=O) groups excluding carboxylic acids is 1. The van der Waals surface area contributed by atoms with E-state index in [4.69, 9.17) is 4.74 Å². The Morgan fingerprint density at radius 2 is 2.00 bits per heavy atom. The summed E-state index contributed by atoms with van der Waals surface area (Å²) in [6, 6.07) is 8.95. The highest BCUT2D eigenvalue weighted by molar-refractivity contribution is 5.94. The molecule has 1 amide bonds. The number of nitrogens with one attached hydrogen (secondary N) is 2. The molecule has 1 aromatic carbocycles. The molecule has 0 atom stereocenters. The van der Waals surface area contributed by atoms with Crippen molar-refractivity contribution in [1.82, 2.24) is 15.3 Å². The fourth-order valence-electron chi connectivity index (χ4n) is 2.72. The topological polar surface area (TPSA) is 84.1 Å². The number of rotatable bonds is 5. The van der Waals surface area contributed by atoms with E-state index in [9.17, 15) is 9.59 Å². The summed E-state index contributed by atoms with van der Waals surface area (Å²) in [7, 11) is 1.57. The summed E-state index contributed by atoms with van der Waals surface area (Å²) in [6.07, 6.45) is 3.58. The molecular formula is C19H19N3O3. The second-order valence-corrected chi connectivity index (χ2v) is 5.74. The summed E-state index contributed by atoms with van der Waals surface area (Å²) in [6.45, 7) is 2.36. The minimum Gasteiger partial charge on any atom is -0.495 e. The van der Waals surface area contributed by atoms with Crippen LogP contribution in [0.25, 0.3) is 10.9 Å². The van der Waals surface area contributed by atoms with E-state index in [2.05, 4.69) is 15.3 Å². The summed E-state index contributed by atoms with van der Waals surface area (Å²) in [5.41, 5.74) is 2.74. The molecule has 0 saturated heterocycles. The van der Waals surface area contributed by atoms with Crippen molar-refractivity contribution in [3.05, 3.63) is 69.8 Å². The van der Waals surface area contributed by atoms with Crippen LogP contribution < -0.4 is 15.6 Å². The average Bonchev–Trinajstić information content (AvgIpc) is 2.63. The van der Waals surface area contributed by atoms with Crippen molar-refractivity contribution in [3.63, 3.8) is 0 Å². The third-order valence-electron chi connectivity index (χ3n) is 4.12. The number of aromatic nitrogens is 2. The van der Waals surface area contributed by atoms with Crippen LogP contribution >= 0.6 is 0 Å². The highest BCUT2D eigenvalue weighted by Crippen LogP contribution is 2.25. The molecule has 0 radical (unpaired) electrons. The van der Waals surface area contributed by atoms with Crippen LogP contribution in [0, 0.1) is 6.92 Å². The second kappa shape index (κ2) is 7.17. The lowest BCUT2D eigenvalue weighted by Crippen LogP contribution is -2.27. The summed E-state index contributed by atoms with van der Waals surface area (Å²) in [5.74, 6) is 0.452. The number of pyridine rings is 2. The molecule has 6 nitrogen and oxygen atoms in total. The van der Waals surface area contributed by atoms with Gasteiger partial charge in [0.15, 0.2) is 0 Å². The van der Waals surface area contributed by atoms with Gasteiger partial charge in [-0.2, -0.15) is 0 Å². The van der Waals surface area contributed by atoms with Crippen molar-refractivity contribution >= 4 is 16.8 Å². The maximum absolute atomic E-state index is 12.3. The molecule has 0 aliphatic rings. The number of hydrogen-bond acceptors (Lipinski definition) is 4. The Bertz CT molecular complexity index is 965. The van der Waals surface area contributed by atoms with Crippen LogP contribution in [0.3, 0.4) is 0 Å².